The van der Waals surface area contributed by atoms with Gasteiger partial charge in [-0.15, -0.1) is 0 Å². The predicted octanol–water partition coefficient (Wildman–Crippen LogP) is 2.17. The molecule has 1 fully saturated rings. The van der Waals surface area contributed by atoms with E-state index in [-0.39, 0.29) is 11.9 Å². The van der Waals surface area contributed by atoms with Crippen molar-refractivity contribution in [1.82, 2.24) is 34.6 Å². The Bertz CT molecular complexity index is 1090. The summed E-state index contributed by atoms with van der Waals surface area (Å²) >= 11 is 0. The minimum Gasteiger partial charge on any atom is -0.343 e. The molecule has 0 radical (unpaired) electrons. The molecule has 1 amide bonds. The molecule has 0 spiro atoms. The maximum absolute atomic E-state index is 12.7. The summed E-state index contributed by atoms with van der Waals surface area (Å²) in [4.78, 5) is 28.7. The van der Waals surface area contributed by atoms with Crippen molar-refractivity contribution >= 4 is 11.9 Å². The zero-order chi connectivity index (χ0) is 21.4. The molecule has 0 unspecified atom stereocenters. The van der Waals surface area contributed by atoms with E-state index in [1.165, 1.54) is 25.0 Å². The van der Waals surface area contributed by atoms with Gasteiger partial charge in [0, 0.05) is 49.5 Å². The van der Waals surface area contributed by atoms with Crippen LogP contribution >= 0.6 is 0 Å². The predicted molar refractivity (Wildman–Crippen MR) is 116 cm³/mol. The van der Waals surface area contributed by atoms with Gasteiger partial charge in [0.15, 0.2) is 0 Å². The summed E-state index contributed by atoms with van der Waals surface area (Å²) < 4.78 is 3.79. The molecule has 3 aromatic rings. The van der Waals surface area contributed by atoms with Gasteiger partial charge in [-0.1, -0.05) is 0 Å². The van der Waals surface area contributed by atoms with Crippen LogP contribution in [0, 0.1) is 6.92 Å². The number of nitrogens with zero attached hydrogens (tertiary/aromatic N) is 7. The van der Waals surface area contributed by atoms with Gasteiger partial charge in [-0.2, -0.15) is 5.10 Å². The molecule has 4 heterocycles. The number of piperidine rings is 1. The second-order valence-corrected chi connectivity index (χ2v) is 8.51. The van der Waals surface area contributed by atoms with E-state index in [1.807, 2.05) is 31.1 Å². The number of aryl methyl sites for hydroxylation is 2. The van der Waals surface area contributed by atoms with Crippen molar-refractivity contribution in [2.45, 2.75) is 51.6 Å². The molecule has 3 aromatic heterocycles. The zero-order valence-electron chi connectivity index (χ0n) is 18.1. The molecule has 2 aliphatic rings. The van der Waals surface area contributed by atoms with Gasteiger partial charge in [-0.25, -0.2) is 15.0 Å². The Morgan fingerprint density at radius 1 is 1.19 bits per heavy atom. The quantitative estimate of drug-likeness (QED) is 0.680. The van der Waals surface area contributed by atoms with Crippen molar-refractivity contribution in [2.75, 3.05) is 18.0 Å². The molecular weight excluding hydrogens is 392 g/mol. The molecule has 5 rings (SSSR count). The molecule has 1 aliphatic heterocycles. The van der Waals surface area contributed by atoms with Crippen LogP contribution in [-0.4, -0.2) is 48.3 Å². The molecule has 1 atom stereocenters. The van der Waals surface area contributed by atoms with E-state index < -0.39 is 0 Å². The number of carbonyl (C=O) groups excluding carboxylic acids is 1. The Balaban J connectivity index is 1.24. The van der Waals surface area contributed by atoms with Crippen LogP contribution in [0.2, 0.25) is 0 Å². The zero-order valence-corrected chi connectivity index (χ0v) is 18.1. The SMILES string of the molecule is Cc1nc(N2CCCCC2)ncc1Cn1cc(C(=O)N[C@@H]2CCc3c2ncn3C)cn1. The number of hydrogen-bond donors (Lipinski definition) is 1. The third-order valence-corrected chi connectivity index (χ3v) is 6.33. The fraction of sp³-hybridized carbons (Fsp3) is 0.500. The van der Waals surface area contributed by atoms with Gasteiger partial charge in [0.2, 0.25) is 5.95 Å². The van der Waals surface area contributed by atoms with Crippen LogP contribution in [-0.2, 0) is 20.0 Å². The van der Waals surface area contributed by atoms with Crippen molar-refractivity contribution in [3.63, 3.8) is 0 Å². The van der Waals surface area contributed by atoms with E-state index in [0.29, 0.717) is 12.1 Å². The third kappa shape index (κ3) is 3.92. The highest BCUT2D eigenvalue weighted by atomic mass is 16.1. The largest absolute Gasteiger partial charge is 0.343 e. The number of imidazole rings is 1. The third-order valence-electron chi connectivity index (χ3n) is 6.33. The monoisotopic (exact) mass is 420 g/mol. The summed E-state index contributed by atoms with van der Waals surface area (Å²) in [5.41, 5.74) is 4.68. The first-order chi connectivity index (χ1) is 15.1. The van der Waals surface area contributed by atoms with Gasteiger partial charge in [0.25, 0.3) is 5.91 Å². The number of nitrogens with one attached hydrogen (secondary N) is 1. The number of carbonyl (C=O) groups is 1. The summed E-state index contributed by atoms with van der Waals surface area (Å²) in [5.74, 6) is 0.690. The first-order valence-corrected chi connectivity index (χ1v) is 11.0. The van der Waals surface area contributed by atoms with Crippen molar-refractivity contribution in [3.8, 4) is 0 Å². The van der Waals surface area contributed by atoms with Crippen molar-refractivity contribution < 1.29 is 4.79 Å². The summed E-state index contributed by atoms with van der Waals surface area (Å²) in [6.45, 7) is 4.59. The number of rotatable bonds is 5. The van der Waals surface area contributed by atoms with Crippen LogP contribution in [0.15, 0.2) is 24.9 Å². The number of anilines is 1. The van der Waals surface area contributed by atoms with E-state index in [2.05, 4.69) is 25.3 Å². The Morgan fingerprint density at radius 2 is 2.03 bits per heavy atom. The first-order valence-electron chi connectivity index (χ1n) is 11.0. The molecule has 0 bridgehead atoms. The number of fused-ring (bicyclic) bond motifs is 1. The van der Waals surface area contributed by atoms with E-state index in [4.69, 9.17) is 4.98 Å². The lowest BCUT2D eigenvalue weighted by atomic mass is 10.1. The van der Waals surface area contributed by atoms with E-state index in [1.54, 1.807) is 17.1 Å². The molecule has 1 aliphatic carbocycles. The Labute approximate surface area is 181 Å². The molecule has 9 heteroatoms. The smallest absolute Gasteiger partial charge is 0.255 e. The highest BCUT2D eigenvalue weighted by molar-refractivity contribution is 5.94. The molecule has 0 saturated carbocycles. The minimum atomic E-state index is -0.122. The number of amides is 1. The molecule has 9 nitrogen and oxygen atoms in total. The number of aromatic nitrogens is 6. The molecule has 1 saturated heterocycles. The average Bonchev–Trinajstić information content (AvgIpc) is 3.49. The maximum Gasteiger partial charge on any atom is 0.255 e. The maximum atomic E-state index is 12.7. The van der Waals surface area contributed by atoms with Crippen LogP contribution in [0.1, 0.15) is 64.7 Å². The van der Waals surface area contributed by atoms with Crippen LogP contribution in [0.5, 0.6) is 0 Å². The van der Waals surface area contributed by atoms with Gasteiger partial charge < -0.3 is 14.8 Å². The van der Waals surface area contributed by atoms with Gasteiger partial charge in [0.05, 0.1) is 36.4 Å². The Morgan fingerprint density at radius 3 is 2.84 bits per heavy atom. The highest BCUT2D eigenvalue weighted by Crippen LogP contribution is 2.29. The van der Waals surface area contributed by atoms with Crippen LogP contribution < -0.4 is 10.2 Å². The van der Waals surface area contributed by atoms with Gasteiger partial charge in [-0.05, 0) is 39.0 Å². The van der Waals surface area contributed by atoms with Crippen LogP contribution in [0.4, 0.5) is 5.95 Å². The Kier molecular flexibility index (Phi) is 5.17. The van der Waals surface area contributed by atoms with E-state index >= 15 is 0 Å². The second kappa shape index (κ2) is 8.13. The van der Waals surface area contributed by atoms with Crippen LogP contribution in [0.25, 0.3) is 0 Å². The van der Waals surface area contributed by atoms with Crippen molar-refractivity contribution in [2.24, 2.45) is 7.05 Å². The molecule has 31 heavy (non-hydrogen) atoms. The normalized spacial score (nSPS) is 18.3. The number of hydrogen-bond acceptors (Lipinski definition) is 6. The van der Waals surface area contributed by atoms with Crippen molar-refractivity contribution in [1.29, 1.82) is 0 Å². The van der Waals surface area contributed by atoms with Crippen LogP contribution in [0.3, 0.4) is 0 Å². The highest BCUT2D eigenvalue weighted by Gasteiger charge is 2.28. The van der Waals surface area contributed by atoms with E-state index in [9.17, 15) is 4.79 Å². The first kappa shape index (κ1) is 19.7. The van der Waals surface area contributed by atoms with Gasteiger partial charge in [0.1, 0.15) is 0 Å². The lowest BCUT2D eigenvalue weighted by molar-refractivity contribution is 0.0936. The average molecular weight is 421 g/mol. The van der Waals surface area contributed by atoms with Gasteiger partial charge >= 0.3 is 0 Å². The van der Waals surface area contributed by atoms with Gasteiger partial charge in [-0.3, -0.25) is 9.48 Å². The minimum absolute atomic E-state index is 0.0370. The second-order valence-electron chi connectivity index (χ2n) is 8.51. The fourth-order valence-electron chi connectivity index (χ4n) is 4.49. The standard InChI is InChI=1S/C22H28N8O/c1-15-16(10-23-22(26-15)29-8-4-3-5-9-29)12-30-13-17(11-25-30)21(31)27-18-6-7-19-20(18)24-14-28(19)2/h10-11,13-14,18H,3-9,12H2,1-2H3,(H,27,31)/t18-/m1/s1. The summed E-state index contributed by atoms with van der Waals surface area (Å²) in [6, 6.07) is -0.0370. The Hall–Kier alpha value is -3.23. The fourth-order valence-corrected chi connectivity index (χ4v) is 4.49. The summed E-state index contributed by atoms with van der Waals surface area (Å²) in [6.07, 6.45) is 12.6. The molecule has 0 aromatic carbocycles. The molecule has 162 valence electrons. The molecule has 1 N–H and O–H groups in total. The van der Waals surface area contributed by atoms with E-state index in [0.717, 1.165) is 48.8 Å². The lowest BCUT2D eigenvalue weighted by Gasteiger charge is -2.26. The van der Waals surface area contributed by atoms with Crippen molar-refractivity contribution in [3.05, 3.63) is 53.1 Å². The topological polar surface area (TPSA) is 93.8 Å². The molecular formula is C22H28N8O. The summed E-state index contributed by atoms with van der Waals surface area (Å²) in [7, 11) is 1.99. The summed E-state index contributed by atoms with van der Waals surface area (Å²) in [5, 5.41) is 7.48. The lowest BCUT2D eigenvalue weighted by Crippen LogP contribution is -2.31.